The molecule has 17 heavy (non-hydrogen) atoms. The number of rotatable bonds is 2. The molecular formula is C14H20N2O. The Bertz CT molecular complexity index is 403. The Morgan fingerprint density at radius 2 is 2.12 bits per heavy atom. The Morgan fingerprint density at radius 1 is 1.35 bits per heavy atom. The molecule has 2 atom stereocenters. The second kappa shape index (κ2) is 5.30. The lowest BCUT2D eigenvalue weighted by atomic mass is 9.86. The van der Waals surface area contributed by atoms with Crippen molar-refractivity contribution in [1.29, 1.82) is 0 Å². The minimum Gasteiger partial charge on any atom is -0.348 e. The normalized spacial score (nSPS) is 24.4. The van der Waals surface area contributed by atoms with Crippen LogP contribution in [0, 0.1) is 12.8 Å². The van der Waals surface area contributed by atoms with Gasteiger partial charge in [-0.1, -0.05) is 25.8 Å². The van der Waals surface area contributed by atoms with Gasteiger partial charge in [0, 0.05) is 11.7 Å². The highest BCUT2D eigenvalue weighted by atomic mass is 16.1. The van der Waals surface area contributed by atoms with Crippen LogP contribution in [0.15, 0.2) is 18.2 Å². The van der Waals surface area contributed by atoms with Crippen LogP contribution in [0.3, 0.4) is 0 Å². The highest BCUT2D eigenvalue weighted by molar-refractivity contribution is 5.92. The van der Waals surface area contributed by atoms with Crippen LogP contribution in [0.4, 0.5) is 0 Å². The van der Waals surface area contributed by atoms with E-state index in [1.165, 1.54) is 19.3 Å². The molecule has 3 nitrogen and oxygen atoms in total. The first-order valence-electron chi connectivity index (χ1n) is 6.41. The molecule has 0 aromatic carbocycles. The standard InChI is InChI=1S/C14H20N2O/c1-10-6-3-4-8-12(10)16-14(17)13-9-5-7-11(2)15-13/h5,7,9-10,12H,3-4,6,8H2,1-2H3,(H,16,17). The van der Waals surface area contributed by atoms with Crippen molar-refractivity contribution in [3.05, 3.63) is 29.6 Å². The van der Waals surface area contributed by atoms with Gasteiger partial charge in [0.15, 0.2) is 0 Å². The van der Waals surface area contributed by atoms with Gasteiger partial charge < -0.3 is 5.32 Å². The first kappa shape index (κ1) is 12.1. The summed E-state index contributed by atoms with van der Waals surface area (Å²) < 4.78 is 0. The molecule has 0 radical (unpaired) electrons. The van der Waals surface area contributed by atoms with E-state index < -0.39 is 0 Å². The second-order valence-corrected chi connectivity index (χ2v) is 5.01. The van der Waals surface area contributed by atoms with E-state index in [1.54, 1.807) is 6.07 Å². The number of pyridine rings is 1. The Labute approximate surface area is 103 Å². The van der Waals surface area contributed by atoms with Crippen molar-refractivity contribution in [1.82, 2.24) is 10.3 Å². The summed E-state index contributed by atoms with van der Waals surface area (Å²) in [5.41, 5.74) is 1.41. The number of aromatic nitrogens is 1. The average Bonchev–Trinajstić information content (AvgIpc) is 2.32. The fraction of sp³-hybridized carbons (Fsp3) is 0.571. The zero-order valence-corrected chi connectivity index (χ0v) is 10.6. The molecule has 1 aliphatic rings. The monoisotopic (exact) mass is 232 g/mol. The zero-order chi connectivity index (χ0) is 12.3. The van der Waals surface area contributed by atoms with E-state index in [9.17, 15) is 4.79 Å². The van der Waals surface area contributed by atoms with Gasteiger partial charge in [0.1, 0.15) is 5.69 Å². The average molecular weight is 232 g/mol. The molecule has 0 aliphatic heterocycles. The SMILES string of the molecule is Cc1cccc(C(=O)NC2CCCCC2C)n1. The Morgan fingerprint density at radius 3 is 2.82 bits per heavy atom. The van der Waals surface area contributed by atoms with Gasteiger partial charge in [0.2, 0.25) is 0 Å². The molecule has 1 heterocycles. The number of nitrogens with one attached hydrogen (secondary N) is 1. The molecule has 1 aromatic rings. The summed E-state index contributed by atoms with van der Waals surface area (Å²) in [6.07, 6.45) is 4.82. The number of hydrogen-bond donors (Lipinski definition) is 1. The van der Waals surface area contributed by atoms with E-state index in [4.69, 9.17) is 0 Å². The third kappa shape index (κ3) is 3.05. The topological polar surface area (TPSA) is 42.0 Å². The molecule has 0 saturated heterocycles. The molecule has 0 bridgehead atoms. The fourth-order valence-corrected chi connectivity index (χ4v) is 2.44. The molecular weight excluding hydrogens is 212 g/mol. The van der Waals surface area contributed by atoms with E-state index in [1.807, 2.05) is 19.1 Å². The third-order valence-corrected chi connectivity index (χ3v) is 3.55. The van der Waals surface area contributed by atoms with Crippen LogP contribution in [-0.4, -0.2) is 16.9 Å². The van der Waals surface area contributed by atoms with Crippen molar-refractivity contribution in [3.63, 3.8) is 0 Å². The van der Waals surface area contributed by atoms with Crippen LogP contribution < -0.4 is 5.32 Å². The first-order chi connectivity index (χ1) is 8.16. The Kier molecular flexibility index (Phi) is 3.77. The van der Waals surface area contributed by atoms with Gasteiger partial charge in [-0.15, -0.1) is 0 Å². The van der Waals surface area contributed by atoms with E-state index in [-0.39, 0.29) is 5.91 Å². The maximum atomic E-state index is 12.0. The Balaban J connectivity index is 2.01. The quantitative estimate of drug-likeness (QED) is 0.851. The minimum absolute atomic E-state index is 0.0348. The number of amides is 1. The van der Waals surface area contributed by atoms with E-state index in [0.29, 0.717) is 17.7 Å². The number of nitrogens with zero attached hydrogens (tertiary/aromatic N) is 1. The molecule has 1 N–H and O–H groups in total. The first-order valence-corrected chi connectivity index (χ1v) is 6.41. The summed E-state index contributed by atoms with van der Waals surface area (Å²) in [7, 11) is 0. The largest absolute Gasteiger partial charge is 0.348 e. The Hall–Kier alpha value is -1.38. The lowest BCUT2D eigenvalue weighted by Crippen LogP contribution is -2.41. The molecule has 2 rings (SSSR count). The maximum Gasteiger partial charge on any atom is 0.270 e. The number of aryl methyl sites for hydroxylation is 1. The lowest BCUT2D eigenvalue weighted by molar-refractivity contribution is 0.0905. The molecule has 92 valence electrons. The van der Waals surface area contributed by atoms with Crippen molar-refractivity contribution in [3.8, 4) is 0 Å². The van der Waals surface area contributed by atoms with E-state index in [2.05, 4.69) is 17.2 Å². The van der Waals surface area contributed by atoms with Crippen LogP contribution in [0.2, 0.25) is 0 Å². The molecule has 1 amide bonds. The van der Waals surface area contributed by atoms with Gasteiger partial charge in [0.25, 0.3) is 5.91 Å². The van der Waals surface area contributed by atoms with E-state index >= 15 is 0 Å². The molecule has 0 spiro atoms. The van der Waals surface area contributed by atoms with Crippen molar-refractivity contribution >= 4 is 5.91 Å². The van der Waals surface area contributed by atoms with Crippen molar-refractivity contribution in [2.45, 2.75) is 45.6 Å². The van der Waals surface area contributed by atoms with Crippen LogP contribution in [0.25, 0.3) is 0 Å². The summed E-state index contributed by atoms with van der Waals surface area (Å²) in [4.78, 5) is 16.3. The second-order valence-electron chi connectivity index (χ2n) is 5.01. The van der Waals surface area contributed by atoms with Crippen LogP contribution in [0.1, 0.15) is 48.8 Å². The predicted octanol–water partition coefficient (Wildman–Crippen LogP) is 2.70. The maximum absolute atomic E-state index is 12.0. The van der Waals surface area contributed by atoms with Crippen LogP contribution >= 0.6 is 0 Å². The zero-order valence-electron chi connectivity index (χ0n) is 10.6. The lowest BCUT2D eigenvalue weighted by Gasteiger charge is -2.29. The third-order valence-electron chi connectivity index (χ3n) is 3.55. The van der Waals surface area contributed by atoms with Gasteiger partial charge >= 0.3 is 0 Å². The molecule has 1 fully saturated rings. The smallest absolute Gasteiger partial charge is 0.270 e. The van der Waals surface area contributed by atoms with Gasteiger partial charge in [-0.2, -0.15) is 0 Å². The highest BCUT2D eigenvalue weighted by Crippen LogP contribution is 2.23. The summed E-state index contributed by atoms with van der Waals surface area (Å²) in [5, 5.41) is 3.11. The summed E-state index contributed by atoms with van der Waals surface area (Å²) in [6.45, 7) is 4.12. The fourth-order valence-electron chi connectivity index (χ4n) is 2.44. The van der Waals surface area contributed by atoms with Crippen LogP contribution in [-0.2, 0) is 0 Å². The summed E-state index contributed by atoms with van der Waals surface area (Å²) >= 11 is 0. The number of carbonyl (C=O) groups excluding carboxylic acids is 1. The predicted molar refractivity (Wildman–Crippen MR) is 67.9 cm³/mol. The number of carbonyl (C=O) groups is 1. The highest BCUT2D eigenvalue weighted by Gasteiger charge is 2.23. The van der Waals surface area contributed by atoms with Crippen molar-refractivity contribution < 1.29 is 4.79 Å². The molecule has 1 saturated carbocycles. The van der Waals surface area contributed by atoms with Gasteiger partial charge in [-0.05, 0) is 37.8 Å². The van der Waals surface area contributed by atoms with Crippen molar-refractivity contribution in [2.75, 3.05) is 0 Å². The number of hydrogen-bond acceptors (Lipinski definition) is 2. The van der Waals surface area contributed by atoms with Gasteiger partial charge in [-0.25, -0.2) is 4.98 Å². The van der Waals surface area contributed by atoms with Crippen molar-refractivity contribution in [2.24, 2.45) is 5.92 Å². The molecule has 1 aliphatic carbocycles. The summed E-state index contributed by atoms with van der Waals surface area (Å²) in [5.74, 6) is 0.546. The molecule has 3 heteroatoms. The van der Waals surface area contributed by atoms with Gasteiger partial charge in [-0.3, -0.25) is 4.79 Å². The minimum atomic E-state index is -0.0348. The van der Waals surface area contributed by atoms with E-state index in [0.717, 1.165) is 12.1 Å². The van der Waals surface area contributed by atoms with Gasteiger partial charge in [0.05, 0.1) is 0 Å². The molecule has 2 unspecified atom stereocenters. The van der Waals surface area contributed by atoms with Crippen LogP contribution in [0.5, 0.6) is 0 Å². The molecule has 1 aromatic heterocycles. The summed E-state index contributed by atoms with van der Waals surface area (Å²) in [6, 6.07) is 5.87.